The number of hydrogen-bond acceptors (Lipinski definition) is 6. The van der Waals surface area contributed by atoms with Gasteiger partial charge in [0, 0.05) is 11.5 Å². The first-order valence-corrected chi connectivity index (χ1v) is 11.9. The van der Waals surface area contributed by atoms with E-state index in [1.54, 1.807) is 19.2 Å². The predicted octanol–water partition coefficient (Wildman–Crippen LogP) is 4.87. The number of thioether (sulfide) groups is 1. The van der Waals surface area contributed by atoms with Gasteiger partial charge in [0.1, 0.15) is 0 Å². The molecule has 1 amide bonds. The summed E-state index contributed by atoms with van der Waals surface area (Å²) in [6, 6.07) is 4.95. The van der Waals surface area contributed by atoms with Crippen LogP contribution in [0.25, 0.3) is 11.1 Å². The van der Waals surface area contributed by atoms with Crippen LogP contribution in [0, 0.1) is 5.92 Å². The Morgan fingerprint density at radius 1 is 1.12 bits per heavy atom. The largest absolute Gasteiger partial charge is 0.492 e. The minimum atomic E-state index is -0.361. The molecule has 6 nitrogen and oxygen atoms in total. The predicted molar refractivity (Wildman–Crippen MR) is 129 cm³/mol. The zero-order valence-corrected chi connectivity index (χ0v) is 20.7. The van der Waals surface area contributed by atoms with Crippen LogP contribution in [-0.4, -0.2) is 33.5 Å². The van der Waals surface area contributed by atoms with E-state index in [-0.39, 0.29) is 23.3 Å². The molecule has 1 aliphatic carbocycles. The first-order chi connectivity index (χ1) is 15.3. The van der Waals surface area contributed by atoms with Crippen LogP contribution in [-0.2, 0) is 11.2 Å². The Kier molecular flexibility index (Phi) is 7.62. The number of carbonyl (C=O) groups excluding carboxylic acids is 1. The molecule has 8 heteroatoms. The monoisotopic (exact) mass is 477 g/mol. The second-order valence-electron chi connectivity index (χ2n) is 7.80. The van der Waals surface area contributed by atoms with Crippen LogP contribution in [0.3, 0.4) is 0 Å². The Bertz CT molecular complexity index is 1100. The van der Waals surface area contributed by atoms with E-state index in [1.165, 1.54) is 26.0 Å². The van der Waals surface area contributed by atoms with Crippen LogP contribution in [0.15, 0.2) is 27.9 Å². The van der Waals surface area contributed by atoms with E-state index in [9.17, 15) is 9.59 Å². The number of halogens is 1. The Hall–Kier alpha value is -2.38. The lowest BCUT2D eigenvalue weighted by Crippen LogP contribution is -2.32. The van der Waals surface area contributed by atoms with Gasteiger partial charge in [0.2, 0.25) is 11.7 Å². The summed E-state index contributed by atoms with van der Waals surface area (Å²) in [6.07, 6.45) is 2.98. The maximum absolute atomic E-state index is 12.9. The van der Waals surface area contributed by atoms with Gasteiger partial charge in [0.25, 0.3) is 0 Å². The fourth-order valence-corrected chi connectivity index (χ4v) is 4.84. The minimum absolute atomic E-state index is 0.0795. The first kappa shape index (κ1) is 24.3. The molecule has 1 N–H and O–H groups in total. The summed E-state index contributed by atoms with van der Waals surface area (Å²) in [5.41, 5.74) is 2.96. The molecule has 0 aliphatic heterocycles. The summed E-state index contributed by atoms with van der Waals surface area (Å²) >= 11 is 8.17. The third kappa shape index (κ3) is 4.28. The molecule has 0 radical (unpaired) electrons. The molecular weight excluding hydrogens is 450 g/mol. The van der Waals surface area contributed by atoms with Gasteiger partial charge in [-0.2, -0.15) is 0 Å². The molecule has 172 valence electrons. The molecule has 0 saturated heterocycles. The summed E-state index contributed by atoms with van der Waals surface area (Å²) in [6.45, 7) is 3.68. The lowest BCUT2D eigenvalue weighted by molar-refractivity contribution is -0.124. The number of amides is 1. The van der Waals surface area contributed by atoms with Gasteiger partial charge in [-0.3, -0.25) is 9.59 Å². The Labute approximate surface area is 197 Å². The van der Waals surface area contributed by atoms with Crippen molar-refractivity contribution in [3.8, 4) is 28.4 Å². The number of nitrogens with one attached hydrogen (secondary N) is 1. The normalized spacial score (nSPS) is 14.8. The SMILES string of the molecule is COc1c(Cl)c2c(c(OC)c1OC)-c1ccc(SC)c(=O)cc1[C@@H](NC(=O)C(C)C)CC2. The lowest BCUT2D eigenvalue weighted by atomic mass is 9.95. The van der Waals surface area contributed by atoms with Gasteiger partial charge in [-0.05, 0) is 47.9 Å². The smallest absolute Gasteiger partial charge is 0.223 e. The van der Waals surface area contributed by atoms with Crippen LogP contribution in [0.5, 0.6) is 17.2 Å². The summed E-state index contributed by atoms with van der Waals surface area (Å²) < 4.78 is 16.9. The van der Waals surface area contributed by atoms with E-state index in [0.29, 0.717) is 40.0 Å². The quantitative estimate of drug-likeness (QED) is 0.598. The van der Waals surface area contributed by atoms with Crippen LogP contribution in [0.4, 0.5) is 0 Å². The number of hydrogen-bond donors (Lipinski definition) is 1. The second kappa shape index (κ2) is 10.0. The summed E-state index contributed by atoms with van der Waals surface area (Å²) in [7, 11) is 4.61. The van der Waals surface area contributed by atoms with Crippen LogP contribution in [0.1, 0.15) is 37.4 Å². The van der Waals surface area contributed by atoms with Crippen LogP contribution in [0.2, 0.25) is 5.02 Å². The highest BCUT2D eigenvalue weighted by molar-refractivity contribution is 7.98. The Morgan fingerprint density at radius 2 is 1.78 bits per heavy atom. The highest BCUT2D eigenvalue weighted by Gasteiger charge is 2.32. The van der Waals surface area contributed by atoms with Crippen molar-refractivity contribution in [3.63, 3.8) is 0 Å². The summed E-state index contributed by atoms with van der Waals surface area (Å²) in [5, 5.41) is 3.54. The van der Waals surface area contributed by atoms with Gasteiger partial charge in [-0.15, -0.1) is 11.8 Å². The van der Waals surface area contributed by atoms with E-state index in [4.69, 9.17) is 25.8 Å². The lowest BCUT2D eigenvalue weighted by Gasteiger charge is -2.21. The van der Waals surface area contributed by atoms with Crippen molar-refractivity contribution in [2.24, 2.45) is 5.92 Å². The zero-order chi connectivity index (χ0) is 23.6. The van der Waals surface area contributed by atoms with Crippen LogP contribution >= 0.6 is 23.4 Å². The zero-order valence-electron chi connectivity index (χ0n) is 19.1. The van der Waals surface area contributed by atoms with Crippen LogP contribution < -0.4 is 25.0 Å². The molecule has 1 aliphatic rings. The highest BCUT2D eigenvalue weighted by atomic mass is 35.5. The molecule has 32 heavy (non-hydrogen) atoms. The third-order valence-electron chi connectivity index (χ3n) is 5.65. The van der Waals surface area contributed by atoms with Gasteiger partial charge in [0.15, 0.2) is 16.9 Å². The van der Waals surface area contributed by atoms with Crippen molar-refractivity contribution >= 4 is 29.3 Å². The number of methoxy groups -OCH3 is 3. The molecule has 0 fully saturated rings. The number of rotatable bonds is 6. The van der Waals surface area contributed by atoms with Crippen molar-refractivity contribution in [1.29, 1.82) is 0 Å². The van der Waals surface area contributed by atoms with Gasteiger partial charge in [-0.25, -0.2) is 0 Å². The third-order valence-corrected chi connectivity index (χ3v) is 6.83. The molecule has 0 unspecified atom stereocenters. The molecule has 0 heterocycles. The topological polar surface area (TPSA) is 73.9 Å². The molecule has 2 aromatic rings. The average Bonchev–Trinajstić information content (AvgIpc) is 3.02. The molecule has 0 bridgehead atoms. The Morgan fingerprint density at radius 3 is 2.34 bits per heavy atom. The first-order valence-electron chi connectivity index (χ1n) is 10.3. The maximum Gasteiger partial charge on any atom is 0.223 e. The molecule has 3 rings (SSSR count). The summed E-state index contributed by atoms with van der Waals surface area (Å²) in [5.74, 6) is 0.988. The minimum Gasteiger partial charge on any atom is -0.492 e. The number of benzene rings is 1. The van der Waals surface area contributed by atoms with Gasteiger partial charge >= 0.3 is 0 Å². The average molecular weight is 478 g/mol. The van der Waals surface area contributed by atoms with Crippen molar-refractivity contribution in [2.45, 2.75) is 37.6 Å². The van der Waals surface area contributed by atoms with E-state index in [2.05, 4.69) is 5.32 Å². The van der Waals surface area contributed by atoms with E-state index >= 15 is 0 Å². The molecule has 2 aromatic carbocycles. The molecule has 0 saturated carbocycles. The fraction of sp³-hybridized carbons (Fsp3) is 0.417. The van der Waals surface area contributed by atoms with Gasteiger partial charge in [-0.1, -0.05) is 31.5 Å². The second-order valence-corrected chi connectivity index (χ2v) is 9.03. The highest BCUT2D eigenvalue weighted by Crippen LogP contribution is 2.54. The molecule has 1 atom stereocenters. The van der Waals surface area contributed by atoms with Crippen molar-refractivity contribution < 1.29 is 19.0 Å². The van der Waals surface area contributed by atoms with E-state index in [0.717, 1.165) is 22.3 Å². The fourth-order valence-electron chi connectivity index (χ4n) is 4.03. The van der Waals surface area contributed by atoms with Gasteiger partial charge < -0.3 is 19.5 Å². The van der Waals surface area contributed by atoms with Crippen molar-refractivity contribution in [1.82, 2.24) is 5.32 Å². The Balaban J connectivity index is 2.42. The van der Waals surface area contributed by atoms with Gasteiger partial charge in [0.05, 0.1) is 37.3 Å². The number of carbonyl (C=O) groups is 1. The number of ether oxygens (including phenoxy) is 3. The van der Waals surface area contributed by atoms with Crippen molar-refractivity contribution in [2.75, 3.05) is 27.6 Å². The van der Waals surface area contributed by atoms with E-state index in [1.807, 2.05) is 26.2 Å². The standard InChI is InChI=1S/C24H28ClNO5S/c1-12(2)24(28)26-16-9-7-14-19(13-8-10-18(32-6)17(27)11-15(13)16)21(29-3)23(31-5)22(30-4)20(14)25/h8,10-12,16H,7,9H2,1-6H3,(H,26,28)/t16-/m0/s1. The molecule has 0 aromatic heterocycles. The van der Waals surface area contributed by atoms with E-state index < -0.39 is 0 Å². The summed E-state index contributed by atoms with van der Waals surface area (Å²) in [4.78, 5) is 26.1. The molecule has 0 spiro atoms. The number of fused-ring (bicyclic) bond motifs is 3. The van der Waals surface area contributed by atoms with Crippen molar-refractivity contribution in [3.05, 3.63) is 44.6 Å². The maximum atomic E-state index is 12.9. The molecular formula is C24H28ClNO5S.